The van der Waals surface area contributed by atoms with Gasteiger partial charge < -0.3 is 15.5 Å². The lowest BCUT2D eigenvalue weighted by atomic mass is 9.93. The highest BCUT2D eigenvalue weighted by molar-refractivity contribution is 5.81. The first-order valence-electron chi connectivity index (χ1n) is 12.1. The average molecular weight is 589 g/mol. The van der Waals surface area contributed by atoms with Gasteiger partial charge in [0.15, 0.2) is 0 Å². The number of carbonyl (C=O) groups is 3. The van der Waals surface area contributed by atoms with Gasteiger partial charge >= 0.3 is 24.3 Å². The molecule has 16 heteroatoms. The van der Waals surface area contributed by atoms with Crippen LogP contribution in [0.15, 0.2) is 48.7 Å². The number of nitrogens with one attached hydrogen (secondary N) is 1. The number of carbonyl (C=O) groups excluding carboxylic acids is 1. The molecule has 2 aliphatic rings. The maximum absolute atomic E-state index is 12.8. The first kappa shape index (κ1) is 31.3. The van der Waals surface area contributed by atoms with Crippen molar-refractivity contribution < 1.29 is 50.9 Å². The van der Waals surface area contributed by atoms with Crippen molar-refractivity contribution in [3.63, 3.8) is 0 Å². The summed E-state index contributed by atoms with van der Waals surface area (Å²) in [6.45, 7) is 2.16. The van der Waals surface area contributed by atoms with E-state index in [1.54, 1.807) is 6.20 Å². The molecule has 1 atom stereocenters. The largest absolute Gasteiger partial charge is 0.490 e. The summed E-state index contributed by atoms with van der Waals surface area (Å²) in [6.07, 6.45) is -4.98. The second kappa shape index (κ2) is 13.0. The molecule has 1 aliphatic heterocycles. The Morgan fingerprint density at radius 1 is 0.927 bits per heavy atom. The summed E-state index contributed by atoms with van der Waals surface area (Å²) >= 11 is 0. The summed E-state index contributed by atoms with van der Waals surface area (Å²) in [7, 11) is 0. The van der Waals surface area contributed by atoms with Crippen LogP contribution in [-0.4, -0.2) is 72.7 Å². The van der Waals surface area contributed by atoms with Crippen molar-refractivity contribution in [2.75, 3.05) is 6.54 Å². The molecule has 3 N–H and O–H groups in total. The summed E-state index contributed by atoms with van der Waals surface area (Å²) < 4.78 is 65.4. The van der Waals surface area contributed by atoms with Crippen molar-refractivity contribution in [3.8, 4) is 0 Å². The van der Waals surface area contributed by atoms with Gasteiger partial charge in [0.05, 0.1) is 16.9 Å². The van der Waals surface area contributed by atoms with Crippen LogP contribution in [0, 0.1) is 0 Å². The van der Waals surface area contributed by atoms with Crippen LogP contribution in [0.4, 0.5) is 26.3 Å². The van der Waals surface area contributed by atoms with E-state index >= 15 is 0 Å². The lowest BCUT2D eigenvalue weighted by Gasteiger charge is -2.35. The highest BCUT2D eigenvalue weighted by Crippen LogP contribution is 2.25. The number of carboxylic acid groups (broad SMARTS) is 2. The Morgan fingerprint density at radius 2 is 1.54 bits per heavy atom. The summed E-state index contributed by atoms with van der Waals surface area (Å²) in [5.41, 5.74) is 3.12. The van der Waals surface area contributed by atoms with Crippen molar-refractivity contribution in [2.45, 2.75) is 56.8 Å². The van der Waals surface area contributed by atoms with Crippen molar-refractivity contribution in [2.24, 2.45) is 0 Å². The summed E-state index contributed by atoms with van der Waals surface area (Å²) in [4.78, 5) is 37.7. The third kappa shape index (κ3) is 8.89. The van der Waals surface area contributed by atoms with E-state index < -0.39 is 24.3 Å². The van der Waals surface area contributed by atoms with E-state index in [0.29, 0.717) is 12.6 Å². The molecule has 1 unspecified atom stereocenters. The normalized spacial score (nSPS) is 17.2. The van der Waals surface area contributed by atoms with E-state index in [0.717, 1.165) is 48.2 Å². The highest BCUT2D eigenvalue weighted by Gasteiger charge is 2.39. The molecular formula is C25H25F6N5O5. The molecular weight excluding hydrogens is 564 g/mol. The lowest BCUT2D eigenvalue weighted by molar-refractivity contribution is -0.193. The number of alkyl halides is 6. The van der Waals surface area contributed by atoms with Gasteiger partial charge in [-0.25, -0.2) is 9.59 Å². The van der Waals surface area contributed by atoms with Gasteiger partial charge in [-0.1, -0.05) is 24.3 Å². The molecule has 3 heterocycles. The Morgan fingerprint density at radius 3 is 2.10 bits per heavy atom. The van der Waals surface area contributed by atoms with Gasteiger partial charge in [0.2, 0.25) is 5.91 Å². The molecule has 0 saturated heterocycles. The predicted octanol–water partition coefficient (Wildman–Crippen LogP) is 3.92. The molecule has 1 saturated carbocycles. The highest BCUT2D eigenvalue weighted by atomic mass is 19.4. The zero-order valence-corrected chi connectivity index (χ0v) is 21.2. The number of amides is 1. The van der Waals surface area contributed by atoms with Crippen molar-refractivity contribution in [1.82, 2.24) is 25.0 Å². The third-order valence-electron chi connectivity index (χ3n) is 6.15. The van der Waals surface area contributed by atoms with Crippen LogP contribution in [0.25, 0.3) is 10.9 Å². The summed E-state index contributed by atoms with van der Waals surface area (Å²) in [5.74, 6) is -5.43. The maximum Gasteiger partial charge on any atom is 0.490 e. The molecule has 1 fully saturated rings. The van der Waals surface area contributed by atoms with Crippen molar-refractivity contribution >= 4 is 28.7 Å². The third-order valence-corrected chi connectivity index (χ3v) is 6.15. The SMILES string of the molecule is O=C(NC1CCC1)C1CN(Cc2ccc3ccccc3n2)Cc2ccnn21.O=C(O)C(F)(F)F.O=C(O)C(F)(F)F. The predicted molar refractivity (Wildman–Crippen MR) is 130 cm³/mol. The Hall–Kier alpha value is -4.21. The van der Waals surface area contributed by atoms with Gasteiger partial charge in [-0.05, 0) is 37.5 Å². The number of fused-ring (bicyclic) bond motifs is 2. The van der Waals surface area contributed by atoms with Crippen LogP contribution >= 0.6 is 0 Å². The zero-order chi connectivity index (χ0) is 30.4. The fourth-order valence-corrected chi connectivity index (χ4v) is 3.95. The number of pyridine rings is 1. The van der Waals surface area contributed by atoms with E-state index in [4.69, 9.17) is 24.8 Å². The molecule has 222 valence electrons. The minimum Gasteiger partial charge on any atom is -0.475 e. The van der Waals surface area contributed by atoms with Gasteiger partial charge in [-0.3, -0.25) is 19.4 Å². The fraction of sp³-hybridized carbons (Fsp3) is 0.400. The molecule has 5 rings (SSSR count). The number of carboxylic acids is 2. The molecule has 3 aromatic rings. The van der Waals surface area contributed by atoms with E-state index in [-0.39, 0.29) is 11.9 Å². The van der Waals surface area contributed by atoms with Gasteiger partial charge in [0, 0.05) is 37.3 Å². The quantitative estimate of drug-likeness (QED) is 0.390. The molecule has 1 aliphatic carbocycles. The molecule has 2 aromatic heterocycles. The molecule has 0 radical (unpaired) electrons. The van der Waals surface area contributed by atoms with E-state index in [2.05, 4.69) is 33.5 Å². The number of aromatic nitrogens is 3. The molecule has 10 nitrogen and oxygen atoms in total. The first-order valence-corrected chi connectivity index (χ1v) is 12.1. The van der Waals surface area contributed by atoms with E-state index in [1.807, 2.05) is 28.9 Å². The van der Waals surface area contributed by atoms with E-state index in [1.165, 1.54) is 6.42 Å². The number of nitrogens with zero attached hydrogens (tertiary/aromatic N) is 4. The second-order valence-electron chi connectivity index (χ2n) is 9.19. The van der Waals surface area contributed by atoms with Gasteiger partial charge in [0.25, 0.3) is 0 Å². The molecule has 0 spiro atoms. The zero-order valence-electron chi connectivity index (χ0n) is 21.2. The van der Waals surface area contributed by atoms with Gasteiger partial charge in [-0.2, -0.15) is 31.4 Å². The van der Waals surface area contributed by atoms with Crippen LogP contribution in [0.5, 0.6) is 0 Å². The molecule has 1 amide bonds. The Kier molecular flexibility index (Phi) is 9.91. The van der Waals surface area contributed by atoms with Gasteiger partial charge in [0.1, 0.15) is 6.04 Å². The molecule has 0 bridgehead atoms. The number of aliphatic carboxylic acids is 2. The fourth-order valence-electron chi connectivity index (χ4n) is 3.95. The summed E-state index contributed by atoms with van der Waals surface area (Å²) in [5, 5.41) is 23.0. The van der Waals surface area contributed by atoms with Crippen LogP contribution in [0.3, 0.4) is 0 Å². The topological polar surface area (TPSA) is 138 Å². The number of para-hydroxylation sites is 1. The smallest absolute Gasteiger partial charge is 0.475 e. The number of hydrogen-bond donors (Lipinski definition) is 3. The van der Waals surface area contributed by atoms with Crippen molar-refractivity contribution in [1.29, 1.82) is 0 Å². The van der Waals surface area contributed by atoms with Crippen LogP contribution in [-0.2, 0) is 27.5 Å². The number of halogens is 6. The van der Waals surface area contributed by atoms with Crippen LogP contribution in [0.1, 0.15) is 36.7 Å². The van der Waals surface area contributed by atoms with E-state index in [9.17, 15) is 31.1 Å². The minimum absolute atomic E-state index is 0.0841. The van der Waals surface area contributed by atoms with Gasteiger partial charge in [-0.15, -0.1) is 0 Å². The monoisotopic (exact) mass is 589 g/mol. The Bertz CT molecular complexity index is 1350. The Labute approximate surface area is 228 Å². The first-order chi connectivity index (χ1) is 19.1. The van der Waals surface area contributed by atoms with Crippen LogP contribution < -0.4 is 5.32 Å². The number of hydrogen-bond acceptors (Lipinski definition) is 6. The van der Waals surface area contributed by atoms with Crippen molar-refractivity contribution in [3.05, 3.63) is 60.0 Å². The standard InChI is InChI=1S/C21H23N5O.2C2HF3O2/c27-21(24-16-5-3-6-16)20-14-25(13-18-10-11-22-26(18)20)12-17-9-8-15-4-1-2-7-19(15)23-17;2*3-2(4,5)1(6)7/h1-2,4,7-11,16,20H,3,5-6,12-14H2,(H,24,27);2*(H,6,7). The Balaban J connectivity index is 0.000000276. The molecule has 1 aromatic carbocycles. The average Bonchev–Trinajstić information content (AvgIpc) is 3.34. The molecule has 41 heavy (non-hydrogen) atoms. The number of benzene rings is 1. The minimum atomic E-state index is -5.08. The second-order valence-corrected chi connectivity index (χ2v) is 9.19. The summed E-state index contributed by atoms with van der Waals surface area (Å²) in [6, 6.07) is 14.4. The number of rotatable bonds is 4. The maximum atomic E-state index is 12.8. The lowest BCUT2D eigenvalue weighted by Crippen LogP contribution is -2.48. The van der Waals surface area contributed by atoms with Crippen LogP contribution in [0.2, 0.25) is 0 Å².